The number of hydrogen-bond donors (Lipinski definition) is 0. The summed E-state index contributed by atoms with van der Waals surface area (Å²) in [5.41, 5.74) is 2.60. The zero-order valence-electron chi connectivity index (χ0n) is 20.5. The lowest BCUT2D eigenvalue weighted by molar-refractivity contribution is -0.135. The summed E-state index contributed by atoms with van der Waals surface area (Å²) < 4.78 is 24.7. The van der Waals surface area contributed by atoms with Crippen molar-refractivity contribution in [2.24, 2.45) is 5.92 Å². The third-order valence-corrected chi connectivity index (χ3v) is 7.34. The third-order valence-electron chi connectivity index (χ3n) is 7.34. The van der Waals surface area contributed by atoms with Gasteiger partial charge in [0.05, 0.1) is 25.4 Å². The second-order valence-corrected chi connectivity index (χ2v) is 9.38. The van der Waals surface area contributed by atoms with E-state index in [0.29, 0.717) is 12.5 Å². The predicted octanol–water partition coefficient (Wildman–Crippen LogP) is 4.33. The lowest BCUT2D eigenvalue weighted by Gasteiger charge is -2.33. The lowest BCUT2D eigenvalue weighted by Crippen LogP contribution is -2.42. The van der Waals surface area contributed by atoms with Crippen molar-refractivity contribution in [3.05, 3.63) is 53.5 Å². The zero-order valence-corrected chi connectivity index (χ0v) is 20.5. The number of ether oxygens (including phenoxy) is 2. The van der Waals surface area contributed by atoms with Gasteiger partial charge in [-0.25, -0.2) is 14.4 Å². The molecule has 2 saturated heterocycles. The summed E-state index contributed by atoms with van der Waals surface area (Å²) >= 11 is 0. The summed E-state index contributed by atoms with van der Waals surface area (Å²) in [5, 5.41) is 0.732. The minimum Gasteiger partial charge on any atom is -0.493 e. The highest BCUT2D eigenvalue weighted by Gasteiger charge is 2.35. The average molecular weight is 479 g/mol. The molecule has 5 rings (SSSR count). The molecule has 1 amide bonds. The molecule has 0 saturated carbocycles. The van der Waals surface area contributed by atoms with E-state index >= 15 is 0 Å². The number of carbonyl (C=O) groups is 1. The maximum atomic E-state index is 13.6. The molecule has 0 aliphatic carbocycles. The largest absolute Gasteiger partial charge is 0.493 e. The molecule has 8 heteroatoms. The molecule has 2 aromatic carbocycles. The van der Waals surface area contributed by atoms with Gasteiger partial charge in [0.25, 0.3) is 0 Å². The fraction of sp³-hybridized carbons (Fsp3) is 0.444. The number of fused-ring (bicyclic) bond motifs is 1. The number of rotatable bonds is 5. The Morgan fingerprint density at radius 1 is 1.03 bits per heavy atom. The van der Waals surface area contributed by atoms with Crippen molar-refractivity contribution in [3.63, 3.8) is 0 Å². The Kier molecular flexibility index (Phi) is 6.45. The zero-order chi connectivity index (χ0) is 24.5. The molecule has 1 aromatic heterocycles. The smallest absolute Gasteiger partial charge is 0.226 e. The van der Waals surface area contributed by atoms with Gasteiger partial charge >= 0.3 is 0 Å². The molecule has 2 aliphatic rings. The number of anilines is 1. The van der Waals surface area contributed by atoms with Gasteiger partial charge in [0, 0.05) is 49.0 Å². The van der Waals surface area contributed by atoms with Crippen LogP contribution in [0.2, 0.25) is 0 Å². The Morgan fingerprint density at radius 3 is 2.57 bits per heavy atom. The average Bonchev–Trinajstić information content (AvgIpc) is 3.38. The second-order valence-electron chi connectivity index (χ2n) is 9.38. The van der Waals surface area contributed by atoms with E-state index in [2.05, 4.69) is 20.9 Å². The topological polar surface area (TPSA) is 67.8 Å². The summed E-state index contributed by atoms with van der Waals surface area (Å²) in [6, 6.07) is 10.5. The van der Waals surface area contributed by atoms with Gasteiger partial charge < -0.3 is 19.3 Å². The van der Waals surface area contributed by atoms with Crippen molar-refractivity contribution in [2.75, 3.05) is 45.3 Å². The monoisotopic (exact) mass is 478 g/mol. The Bertz CT molecular complexity index is 1240. The van der Waals surface area contributed by atoms with E-state index in [1.807, 2.05) is 24.0 Å². The second kappa shape index (κ2) is 9.68. The van der Waals surface area contributed by atoms with Gasteiger partial charge in [-0.3, -0.25) is 4.79 Å². The highest BCUT2D eigenvalue weighted by molar-refractivity contribution is 5.82. The van der Waals surface area contributed by atoms with Crippen LogP contribution in [-0.4, -0.2) is 61.2 Å². The van der Waals surface area contributed by atoms with Crippen LogP contribution in [0.5, 0.6) is 11.5 Å². The first-order chi connectivity index (χ1) is 17.0. The summed E-state index contributed by atoms with van der Waals surface area (Å²) in [6.45, 7) is 4.79. The van der Waals surface area contributed by atoms with Crippen molar-refractivity contribution in [2.45, 2.75) is 32.1 Å². The molecule has 3 heterocycles. The maximum Gasteiger partial charge on any atom is 0.226 e. The molecular weight excluding hydrogens is 447 g/mol. The molecule has 7 nitrogen and oxygen atoms in total. The molecule has 3 aromatic rings. The van der Waals surface area contributed by atoms with E-state index in [1.165, 1.54) is 12.1 Å². The van der Waals surface area contributed by atoms with E-state index in [0.717, 1.165) is 72.6 Å². The van der Waals surface area contributed by atoms with Crippen LogP contribution in [0.25, 0.3) is 10.9 Å². The minimum atomic E-state index is -0.287. The van der Waals surface area contributed by atoms with Crippen LogP contribution >= 0.6 is 0 Å². The number of carbonyl (C=O) groups excluding carboxylic acids is 1. The van der Waals surface area contributed by atoms with Crippen LogP contribution < -0.4 is 14.4 Å². The van der Waals surface area contributed by atoms with Crippen molar-refractivity contribution in [3.8, 4) is 11.5 Å². The first-order valence-corrected chi connectivity index (χ1v) is 12.2. The fourth-order valence-corrected chi connectivity index (χ4v) is 5.41. The summed E-state index contributed by atoms with van der Waals surface area (Å²) in [4.78, 5) is 26.8. The summed E-state index contributed by atoms with van der Waals surface area (Å²) in [5.74, 6) is 2.33. The van der Waals surface area contributed by atoms with Crippen LogP contribution in [-0.2, 0) is 4.79 Å². The normalized spacial score (nSPS) is 18.8. The molecule has 2 aliphatic heterocycles. The van der Waals surface area contributed by atoms with Crippen LogP contribution in [0.3, 0.4) is 0 Å². The molecule has 35 heavy (non-hydrogen) atoms. The Balaban J connectivity index is 1.23. The SMILES string of the molecule is COc1cccc(C2CCN(C(=O)C3CCN(c4nc(C)c5cc(F)ccc5n4)CC3)C2)c1OC. The Hall–Kier alpha value is -3.42. The van der Waals surface area contributed by atoms with Gasteiger partial charge in [0.15, 0.2) is 11.5 Å². The molecule has 0 spiro atoms. The van der Waals surface area contributed by atoms with Crippen LogP contribution in [0, 0.1) is 18.7 Å². The first-order valence-electron chi connectivity index (χ1n) is 12.2. The van der Waals surface area contributed by atoms with E-state index in [1.54, 1.807) is 20.3 Å². The van der Waals surface area contributed by atoms with Gasteiger partial charge in [-0.2, -0.15) is 0 Å². The highest BCUT2D eigenvalue weighted by Crippen LogP contribution is 2.39. The lowest BCUT2D eigenvalue weighted by atomic mass is 9.95. The van der Waals surface area contributed by atoms with Gasteiger partial charge in [-0.05, 0) is 50.5 Å². The maximum absolute atomic E-state index is 13.6. The molecule has 0 bridgehead atoms. The number of nitrogens with zero attached hydrogens (tertiary/aromatic N) is 4. The fourth-order valence-electron chi connectivity index (χ4n) is 5.41. The van der Waals surface area contributed by atoms with Crippen molar-refractivity contribution in [1.82, 2.24) is 14.9 Å². The molecule has 1 unspecified atom stereocenters. The van der Waals surface area contributed by atoms with E-state index in [4.69, 9.17) is 9.47 Å². The number of halogens is 1. The Labute approximate surface area is 204 Å². The van der Waals surface area contributed by atoms with Crippen LogP contribution in [0.15, 0.2) is 36.4 Å². The number of methoxy groups -OCH3 is 2. The highest BCUT2D eigenvalue weighted by atomic mass is 19.1. The standard InChI is InChI=1S/C27H31FN4O3/c1-17-22-15-20(28)7-8-23(22)30-27(29-17)31-12-9-18(10-13-31)26(33)32-14-11-19(16-32)21-5-4-6-24(34-2)25(21)35-3/h4-8,15,18-19H,9-14,16H2,1-3H3. The number of para-hydroxylation sites is 1. The molecule has 184 valence electrons. The van der Waals surface area contributed by atoms with E-state index < -0.39 is 0 Å². The van der Waals surface area contributed by atoms with Gasteiger partial charge in [-0.1, -0.05) is 12.1 Å². The summed E-state index contributed by atoms with van der Waals surface area (Å²) in [6.07, 6.45) is 2.46. The van der Waals surface area contributed by atoms with Crippen LogP contribution in [0.1, 0.15) is 36.4 Å². The van der Waals surface area contributed by atoms with Crippen LogP contribution in [0.4, 0.5) is 10.3 Å². The predicted molar refractivity (Wildman–Crippen MR) is 133 cm³/mol. The molecular formula is C27H31FN4O3. The van der Waals surface area contributed by atoms with E-state index in [9.17, 15) is 9.18 Å². The van der Waals surface area contributed by atoms with Crippen molar-refractivity contribution >= 4 is 22.8 Å². The molecule has 2 fully saturated rings. The molecule has 0 radical (unpaired) electrons. The van der Waals surface area contributed by atoms with Gasteiger partial charge in [0.2, 0.25) is 11.9 Å². The number of piperidine rings is 1. The molecule has 1 atom stereocenters. The third kappa shape index (κ3) is 4.49. The number of aromatic nitrogens is 2. The number of hydrogen-bond acceptors (Lipinski definition) is 6. The summed E-state index contributed by atoms with van der Waals surface area (Å²) in [7, 11) is 3.30. The van der Waals surface area contributed by atoms with Crippen molar-refractivity contribution < 1.29 is 18.7 Å². The minimum absolute atomic E-state index is 0.00727. The number of likely N-dealkylation sites (tertiary alicyclic amines) is 1. The van der Waals surface area contributed by atoms with E-state index in [-0.39, 0.29) is 23.6 Å². The Morgan fingerprint density at radius 2 is 1.83 bits per heavy atom. The van der Waals surface area contributed by atoms with Crippen molar-refractivity contribution in [1.29, 1.82) is 0 Å². The number of benzene rings is 2. The number of aryl methyl sites for hydroxylation is 1. The first kappa shape index (κ1) is 23.3. The van der Waals surface area contributed by atoms with Gasteiger partial charge in [-0.15, -0.1) is 0 Å². The molecule has 0 N–H and O–H groups in total. The van der Waals surface area contributed by atoms with Gasteiger partial charge in [0.1, 0.15) is 5.82 Å². The number of amides is 1. The quantitative estimate of drug-likeness (QED) is 0.544.